The van der Waals surface area contributed by atoms with Crippen molar-refractivity contribution in [1.29, 1.82) is 0 Å². The quantitative estimate of drug-likeness (QED) is 0.846. The van der Waals surface area contributed by atoms with Crippen LogP contribution in [0.3, 0.4) is 0 Å². The molecule has 1 aliphatic carbocycles. The number of para-hydroxylation sites is 1. The number of hydrogen-bond donors (Lipinski definition) is 0. The van der Waals surface area contributed by atoms with E-state index in [-0.39, 0.29) is 17.7 Å². The van der Waals surface area contributed by atoms with Gasteiger partial charge in [0.05, 0.1) is 5.92 Å². The van der Waals surface area contributed by atoms with Crippen molar-refractivity contribution in [2.24, 2.45) is 5.92 Å². The van der Waals surface area contributed by atoms with E-state index in [1.54, 1.807) is 4.90 Å². The van der Waals surface area contributed by atoms with Crippen molar-refractivity contribution in [1.82, 2.24) is 9.80 Å². The molecule has 0 aromatic heterocycles. The summed E-state index contributed by atoms with van der Waals surface area (Å²) in [7, 11) is 0. The van der Waals surface area contributed by atoms with E-state index in [2.05, 4.69) is 4.90 Å². The highest BCUT2D eigenvalue weighted by Crippen LogP contribution is 2.28. The molecule has 134 valence electrons. The molecule has 0 radical (unpaired) electrons. The second kappa shape index (κ2) is 7.16. The smallest absolute Gasteiger partial charge is 0.228 e. The van der Waals surface area contributed by atoms with E-state index in [1.165, 1.54) is 25.7 Å². The first kappa shape index (κ1) is 16.6. The Kier molecular flexibility index (Phi) is 4.75. The molecule has 2 aliphatic heterocycles. The summed E-state index contributed by atoms with van der Waals surface area (Å²) in [5, 5.41) is 0. The summed E-state index contributed by atoms with van der Waals surface area (Å²) in [6, 6.07) is 10.4. The predicted octanol–water partition coefficient (Wildman–Crippen LogP) is 2.13. The Labute approximate surface area is 149 Å². The van der Waals surface area contributed by atoms with Crippen molar-refractivity contribution in [3.05, 3.63) is 30.3 Å². The summed E-state index contributed by atoms with van der Waals surface area (Å²) in [5.41, 5.74) is 0.897. The van der Waals surface area contributed by atoms with Crippen molar-refractivity contribution in [2.45, 2.75) is 38.1 Å². The van der Waals surface area contributed by atoms with Crippen LogP contribution in [0.1, 0.15) is 32.1 Å². The van der Waals surface area contributed by atoms with E-state index >= 15 is 0 Å². The van der Waals surface area contributed by atoms with Crippen LogP contribution in [-0.4, -0.2) is 60.4 Å². The highest BCUT2D eigenvalue weighted by atomic mass is 16.2. The number of hydrogen-bond acceptors (Lipinski definition) is 3. The van der Waals surface area contributed by atoms with E-state index in [1.807, 2.05) is 35.2 Å². The largest absolute Gasteiger partial charge is 0.340 e. The summed E-state index contributed by atoms with van der Waals surface area (Å²) in [6.07, 6.45) is 5.68. The minimum absolute atomic E-state index is 0.0640. The minimum atomic E-state index is -0.189. The molecule has 1 aromatic carbocycles. The highest BCUT2D eigenvalue weighted by molar-refractivity contribution is 6.00. The van der Waals surface area contributed by atoms with Crippen molar-refractivity contribution < 1.29 is 9.59 Å². The van der Waals surface area contributed by atoms with E-state index in [4.69, 9.17) is 0 Å². The molecular weight excluding hydrogens is 314 g/mol. The lowest BCUT2D eigenvalue weighted by Gasteiger charge is -2.38. The van der Waals surface area contributed by atoms with Gasteiger partial charge in [-0.2, -0.15) is 0 Å². The Bertz CT molecular complexity index is 619. The first-order valence-corrected chi connectivity index (χ1v) is 9.60. The number of piperazine rings is 1. The van der Waals surface area contributed by atoms with Gasteiger partial charge in [0.1, 0.15) is 0 Å². The van der Waals surface area contributed by atoms with Gasteiger partial charge < -0.3 is 9.80 Å². The SMILES string of the molecule is O=C(C1CC(=O)N(c2ccccc2)C1)N1CCN(C2CCCC2)CC1. The standard InChI is InChI=1S/C20H27N3O2/c24-19-14-16(15-23(19)18-8-2-1-3-9-18)20(25)22-12-10-21(11-13-22)17-6-4-5-7-17/h1-3,8-9,16-17H,4-7,10-15H2. The fraction of sp³-hybridized carbons (Fsp3) is 0.600. The summed E-state index contributed by atoms with van der Waals surface area (Å²) in [4.78, 5) is 31.5. The topological polar surface area (TPSA) is 43.9 Å². The van der Waals surface area contributed by atoms with Crippen molar-refractivity contribution in [2.75, 3.05) is 37.6 Å². The Morgan fingerprint density at radius 3 is 2.32 bits per heavy atom. The average Bonchev–Trinajstić information content (AvgIpc) is 3.32. The molecule has 4 rings (SSSR count). The van der Waals surface area contributed by atoms with Crippen LogP contribution in [0.5, 0.6) is 0 Å². The molecule has 3 aliphatic rings. The lowest BCUT2D eigenvalue weighted by atomic mass is 10.1. The normalized spacial score (nSPS) is 25.8. The zero-order valence-corrected chi connectivity index (χ0v) is 14.8. The van der Waals surface area contributed by atoms with Gasteiger partial charge >= 0.3 is 0 Å². The molecule has 2 saturated heterocycles. The average molecular weight is 341 g/mol. The minimum Gasteiger partial charge on any atom is -0.340 e. The number of benzene rings is 1. The number of carbonyl (C=O) groups is 2. The van der Waals surface area contributed by atoms with Gasteiger partial charge in [-0.05, 0) is 25.0 Å². The lowest BCUT2D eigenvalue weighted by molar-refractivity contribution is -0.137. The fourth-order valence-corrected chi connectivity index (χ4v) is 4.57. The summed E-state index contributed by atoms with van der Waals surface area (Å²) in [6.45, 7) is 4.11. The van der Waals surface area contributed by atoms with Gasteiger partial charge in [-0.1, -0.05) is 31.0 Å². The molecule has 0 bridgehead atoms. The van der Waals surface area contributed by atoms with Gasteiger partial charge in [0, 0.05) is 50.9 Å². The molecular formula is C20H27N3O2. The molecule has 2 amide bonds. The Morgan fingerprint density at radius 1 is 0.960 bits per heavy atom. The summed E-state index contributed by atoms with van der Waals surface area (Å²) in [5.74, 6) is 0.0396. The Balaban J connectivity index is 1.34. The predicted molar refractivity (Wildman–Crippen MR) is 97.3 cm³/mol. The molecule has 1 saturated carbocycles. The van der Waals surface area contributed by atoms with Gasteiger partial charge in [0.25, 0.3) is 0 Å². The molecule has 0 spiro atoms. The number of carbonyl (C=O) groups excluding carboxylic acids is 2. The molecule has 1 unspecified atom stereocenters. The second-order valence-corrected chi connectivity index (χ2v) is 7.54. The van der Waals surface area contributed by atoms with Crippen LogP contribution in [-0.2, 0) is 9.59 Å². The third kappa shape index (κ3) is 3.43. The van der Waals surface area contributed by atoms with Crippen LogP contribution >= 0.6 is 0 Å². The molecule has 3 fully saturated rings. The highest BCUT2D eigenvalue weighted by Gasteiger charge is 2.38. The Morgan fingerprint density at radius 2 is 1.64 bits per heavy atom. The summed E-state index contributed by atoms with van der Waals surface area (Å²) >= 11 is 0. The first-order chi connectivity index (χ1) is 12.2. The molecule has 1 atom stereocenters. The van der Waals surface area contributed by atoms with Crippen LogP contribution in [0, 0.1) is 5.92 Å². The molecule has 1 aromatic rings. The van der Waals surface area contributed by atoms with Crippen LogP contribution in [0.15, 0.2) is 30.3 Å². The van der Waals surface area contributed by atoms with E-state index in [0.717, 1.165) is 37.9 Å². The maximum Gasteiger partial charge on any atom is 0.228 e. The zero-order chi connectivity index (χ0) is 17.2. The third-order valence-corrected chi connectivity index (χ3v) is 6.01. The van der Waals surface area contributed by atoms with E-state index in [0.29, 0.717) is 13.0 Å². The van der Waals surface area contributed by atoms with Gasteiger partial charge in [-0.15, -0.1) is 0 Å². The number of nitrogens with zero attached hydrogens (tertiary/aromatic N) is 3. The molecule has 0 N–H and O–H groups in total. The maximum atomic E-state index is 12.9. The molecule has 2 heterocycles. The second-order valence-electron chi connectivity index (χ2n) is 7.54. The zero-order valence-electron chi connectivity index (χ0n) is 14.8. The number of amides is 2. The lowest BCUT2D eigenvalue weighted by Crippen LogP contribution is -2.52. The molecule has 25 heavy (non-hydrogen) atoms. The van der Waals surface area contributed by atoms with Crippen molar-refractivity contribution in [3.63, 3.8) is 0 Å². The van der Waals surface area contributed by atoms with Crippen LogP contribution in [0.2, 0.25) is 0 Å². The van der Waals surface area contributed by atoms with E-state index < -0.39 is 0 Å². The summed E-state index contributed by atoms with van der Waals surface area (Å²) < 4.78 is 0. The van der Waals surface area contributed by atoms with Gasteiger partial charge in [-0.25, -0.2) is 0 Å². The first-order valence-electron chi connectivity index (χ1n) is 9.60. The monoisotopic (exact) mass is 341 g/mol. The fourth-order valence-electron chi connectivity index (χ4n) is 4.57. The molecule has 5 nitrogen and oxygen atoms in total. The Hall–Kier alpha value is -1.88. The molecule has 5 heteroatoms. The number of anilines is 1. The van der Waals surface area contributed by atoms with E-state index in [9.17, 15) is 9.59 Å². The van der Waals surface area contributed by atoms with Crippen LogP contribution < -0.4 is 4.90 Å². The number of rotatable bonds is 3. The van der Waals surface area contributed by atoms with Gasteiger partial charge in [-0.3, -0.25) is 14.5 Å². The maximum absolute atomic E-state index is 12.9. The third-order valence-electron chi connectivity index (χ3n) is 6.01. The van der Waals surface area contributed by atoms with Gasteiger partial charge in [0.2, 0.25) is 11.8 Å². The van der Waals surface area contributed by atoms with Crippen LogP contribution in [0.25, 0.3) is 0 Å². The van der Waals surface area contributed by atoms with Crippen molar-refractivity contribution in [3.8, 4) is 0 Å². The van der Waals surface area contributed by atoms with Crippen molar-refractivity contribution >= 4 is 17.5 Å². The van der Waals surface area contributed by atoms with Gasteiger partial charge in [0.15, 0.2) is 0 Å². The van der Waals surface area contributed by atoms with Crippen LogP contribution in [0.4, 0.5) is 5.69 Å².